The molecule has 0 radical (unpaired) electrons. The molecule has 0 spiro atoms. The Morgan fingerprint density at radius 3 is 2.30 bits per heavy atom. The Labute approximate surface area is 231 Å². The maximum Gasteiger partial charge on any atom is 0.255 e. The molecule has 0 saturated heterocycles. The molecule has 5 aromatic rings. The average Bonchev–Trinajstić information content (AvgIpc) is 3.32. The van der Waals surface area contributed by atoms with E-state index in [0.29, 0.717) is 22.4 Å². The summed E-state index contributed by atoms with van der Waals surface area (Å²) in [5, 5.41) is 13.3. The maximum atomic E-state index is 14.1. The predicted octanol–water partition coefficient (Wildman–Crippen LogP) is 6.17. The van der Waals surface area contributed by atoms with Gasteiger partial charge in [-0.1, -0.05) is 66.2 Å². The van der Waals surface area contributed by atoms with E-state index >= 15 is 0 Å². The lowest BCUT2D eigenvalue weighted by Crippen LogP contribution is -2.49. The van der Waals surface area contributed by atoms with Gasteiger partial charge in [-0.25, -0.2) is 9.37 Å². The lowest BCUT2D eigenvalue weighted by Gasteiger charge is -2.40. The number of hydrogen-bond donors (Lipinski definition) is 2. The van der Waals surface area contributed by atoms with Crippen LogP contribution in [0.3, 0.4) is 0 Å². The molecule has 5 nitrogen and oxygen atoms in total. The summed E-state index contributed by atoms with van der Waals surface area (Å²) >= 11 is 0. The first kappa shape index (κ1) is 24.5. The molecular formula is C34H27FN2O3. The number of benzene rings is 4. The molecule has 198 valence electrons. The van der Waals surface area contributed by atoms with Gasteiger partial charge in [0.05, 0.1) is 17.2 Å². The molecule has 2 heterocycles. The Kier molecular flexibility index (Phi) is 5.19. The fourth-order valence-electron chi connectivity index (χ4n) is 6.72. The van der Waals surface area contributed by atoms with E-state index in [1.807, 2.05) is 87.5 Å². The fraction of sp³-hybridized carbons (Fsp3) is 0.176. The van der Waals surface area contributed by atoms with Crippen LogP contribution in [0.25, 0.3) is 11.4 Å². The van der Waals surface area contributed by atoms with E-state index in [9.17, 15) is 14.3 Å². The Bertz CT molecular complexity index is 1850. The molecule has 0 fully saturated rings. The molecule has 3 atom stereocenters. The zero-order valence-electron chi connectivity index (χ0n) is 22.3. The van der Waals surface area contributed by atoms with E-state index in [1.54, 1.807) is 12.1 Å². The minimum absolute atomic E-state index is 0.246. The van der Waals surface area contributed by atoms with Crippen molar-refractivity contribution in [2.75, 3.05) is 0 Å². The molecule has 1 aromatic heterocycles. The molecule has 0 saturated carbocycles. The van der Waals surface area contributed by atoms with E-state index in [0.717, 1.165) is 27.8 Å². The number of H-pyrrole nitrogens is 1. The van der Waals surface area contributed by atoms with Crippen molar-refractivity contribution in [2.24, 2.45) is 0 Å². The van der Waals surface area contributed by atoms with Crippen LogP contribution < -0.4 is 10.3 Å². The predicted molar refractivity (Wildman–Crippen MR) is 151 cm³/mol. The number of aromatic amines is 1. The number of rotatable bonds is 3. The number of nitrogens with zero attached hydrogens (tertiary/aromatic N) is 1. The number of aromatic nitrogens is 2. The van der Waals surface area contributed by atoms with Crippen LogP contribution in [-0.4, -0.2) is 15.1 Å². The Morgan fingerprint density at radius 2 is 1.60 bits per heavy atom. The molecule has 2 aliphatic rings. The van der Waals surface area contributed by atoms with E-state index in [-0.39, 0.29) is 17.1 Å². The lowest BCUT2D eigenvalue weighted by atomic mass is 9.69. The highest BCUT2D eigenvalue weighted by Crippen LogP contribution is 2.68. The largest absolute Gasteiger partial charge is 0.477 e. The highest BCUT2D eigenvalue weighted by Gasteiger charge is 2.73. The van der Waals surface area contributed by atoms with Gasteiger partial charge in [0.15, 0.2) is 11.2 Å². The van der Waals surface area contributed by atoms with Crippen molar-refractivity contribution in [1.82, 2.24) is 9.97 Å². The van der Waals surface area contributed by atoms with Crippen LogP contribution in [0.15, 0.2) is 95.8 Å². The Morgan fingerprint density at radius 1 is 0.900 bits per heavy atom. The number of hydrogen-bond acceptors (Lipinski definition) is 4. The Balaban J connectivity index is 1.63. The first-order chi connectivity index (χ1) is 19.2. The summed E-state index contributed by atoms with van der Waals surface area (Å²) in [7, 11) is 0. The van der Waals surface area contributed by atoms with Crippen LogP contribution in [0.1, 0.15) is 50.6 Å². The van der Waals surface area contributed by atoms with Crippen LogP contribution in [0.2, 0.25) is 0 Å². The standard InChI is InChI=1S/C34H27FN2O3/c1-19-9-13-24(14-10-19)34-29(22-7-5-4-6-8-22)27-30(33(34,39)28-21(3)17-20(2)18-26(28)40-34)36-31(37-32(27)38)23-11-15-25(35)16-12-23/h4-18,29,39H,1-3H3,(H,36,37,38)/t29-,33+,34+/m1/s1. The van der Waals surface area contributed by atoms with Crippen molar-refractivity contribution in [3.05, 3.63) is 152 Å². The second-order valence-corrected chi connectivity index (χ2v) is 10.9. The molecule has 7 rings (SSSR count). The lowest BCUT2D eigenvalue weighted by molar-refractivity contribution is -0.0905. The van der Waals surface area contributed by atoms with Crippen LogP contribution in [0.5, 0.6) is 5.75 Å². The van der Waals surface area contributed by atoms with E-state index in [1.165, 1.54) is 12.1 Å². The summed E-state index contributed by atoms with van der Waals surface area (Å²) in [5.41, 5.74) is 2.62. The minimum atomic E-state index is -1.80. The van der Waals surface area contributed by atoms with E-state index in [4.69, 9.17) is 9.72 Å². The summed E-state index contributed by atoms with van der Waals surface area (Å²) in [4.78, 5) is 21.9. The van der Waals surface area contributed by atoms with Crippen molar-refractivity contribution >= 4 is 0 Å². The summed E-state index contributed by atoms with van der Waals surface area (Å²) in [6.07, 6.45) is 0. The van der Waals surface area contributed by atoms with Crippen molar-refractivity contribution in [2.45, 2.75) is 37.9 Å². The normalized spacial score (nSPS) is 22.4. The molecule has 2 N–H and O–H groups in total. The van der Waals surface area contributed by atoms with Gasteiger partial charge in [-0.2, -0.15) is 0 Å². The quantitative estimate of drug-likeness (QED) is 0.293. The average molecular weight is 531 g/mol. The maximum absolute atomic E-state index is 14.1. The highest BCUT2D eigenvalue weighted by molar-refractivity contribution is 5.67. The van der Waals surface area contributed by atoms with Gasteiger partial charge >= 0.3 is 0 Å². The summed E-state index contributed by atoms with van der Waals surface area (Å²) in [6.45, 7) is 5.94. The second kappa shape index (κ2) is 8.47. The van der Waals surface area contributed by atoms with Gasteiger partial charge < -0.3 is 14.8 Å². The number of halogens is 1. The Hall–Kier alpha value is -4.55. The fourth-order valence-corrected chi connectivity index (χ4v) is 6.72. The molecule has 4 aromatic carbocycles. The molecule has 1 aliphatic heterocycles. The third-order valence-electron chi connectivity index (χ3n) is 8.34. The molecule has 0 amide bonds. The monoisotopic (exact) mass is 530 g/mol. The van der Waals surface area contributed by atoms with Crippen molar-refractivity contribution < 1.29 is 14.2 Å². The van der Waals surface area contributed by atoms with Crippen LogP contribution in [0.4, 0.5) is 4.39 Å². The van der Waals surface area contributed by atoms with Crippen LogP contribution >= 0.6 is 0 Å². The molecular weight excluding hydrogens is 503 g/mol. The van der Waals surface area contributed by atoms with Gasteiger partial charge in [0.1, 0.15) is 17.4 Å². The van der Waals surface area contributed by atoms with Gasteiger partial charge in [0.25, 0.3) is 5.56 Å². The molecule has 0 bridgehead atoms. The van der Waals surface area contributed by atoms with Crippen LogP contribution in [-0.2, 0) is 11.2 Å². The SMILES string of the molecule is Cc1ccc([C@@]23Oc4cc(C)cc(C)c4[C@]2(O)c2nc(-c4ccc(F)cc4)[nH]c(=O)c2[C@H]3c2ccccc2)cc1. The number of ether oxygens (including phenoxy) is 1. The van der Waals surface area contributed by atoms with E-state index < -0.39 is 22.9 Å². The first-order valence-electron chi connectivity index (χ1n) is 13.3. The number of aliphatic hydroxyl groups is 1. The first-order valence-corrected chi connectivity index (χ1v) is 13.3. The number of fused-ring (bicyclic) bond motifs is 5. The zero-order chi connectivity index (χ0) is 27.8. The summed E-state index contributed by atoms with van der Waals surface area (Å²) < 4.78 is 20.7. The number of nitrogens with one attached hydrogen (secondary N) is 1. The summed E-state index contributed by atoms with van der Waals surface area (Å²) in [5.74, 6) is -0.251. The molecule has 40 heavy (non-hydrogen) atoms. The van der Waals surface area contributed by atoms with Gasteiger partial charge in [0, 0.05) is 16.7 Å². The van der Waals surface area contributed by atoms with Gasteiger partial charge in [-0.3, -0.25) is 4.79 Å². The van der Waals surface area contributed by atoms with Gasteiger partial charge in [-0.15, -0.1) is 0 Å². The van der Waals surface area contributed by atoms with Gasteiger partial charge in [-0.05, 0) is 67.8 Å². The van der Waals surface area contributed by atoms with Gasteiger partial charge in [0.2, 0.25) is 0 Å². The van der Waals surface area contributed by atoms with Crippen molar-refractivity contribution in [3.63, 3.8) is 0 Å². The molecule has 0 unspecified atom stereocenters. The smallest absolute Gasteiger partial charge is 0.255 e. The van der Waals surface area contributed by atoms with Crippen molar-refractivity contribution in [3.8, 4) is 17.1 Å². The highest BCUT2D eigenvalue weighted by atomic mass is 19.1. The van der Waals surface area contributed by atoms with E-state index in [2.05, 4.69) is 4.98 Å². The van der Waals surface area contributed by atoms with Crippen molar-refractivity contribution in [1.29, 1.82) is 0 Å². The topological polar surface area (TPSA) is 75.2 Å². The molecule has 6 heteroatoms. The molecule has 1 aliphatic carbocycles. The zero-order valence-corrected chi connectivity index (χ0v) is 22.3. The minimum Gasteiger partial charge on any atom is -0.477 e. The third kappa shape index (κ3) is 3.17. The van der Waals surface area contributed by atoms with Crippen LogP contribution in [0, 0.1) is 26.6 Å². The number of aryl methyl sites for hydroxylation is 3. The summed E-state index contributed by atoms with van der Waals surface area (Å²) in [6, 6.07) is 27.3. The third-order valence-corrected chi connectivity index (χ3v) is 8.34. The second-order valence-electron chi connectivity index (χ2n) is 10.9.